The molecule has 0 unspecified atom stereocenters. The van der Waals surface area contributed by atoms with Crippen molar-refractivity contribution < 1.29 is 14.4 Å². The van der Waals surface area contributed by atoms with Crippen molar-refractivity contribution in [1.29, 1.82) is 0 Å². The fourth-order valence-corrected chi connectivity index (χ4v) is 3.07. The molecule has 7 nitrogen and oxygen atoms in total. The summed E-state index contributed by atoms with van der Waals surface area (Å²) in [6.07, 6.45) is 8.23. The molecule has 1 aliphatic carbocycles. The maximum atomic E-state index is 12.3. The number of hydrogen-bond donors (Lipinski definition) is 3. The summed E-state index contributed by atoms with van der Waals surface area (Å²) in [6, 6.07) is 9.79. The summed E-state index contributed by atoms with van der Waals surface area (Å²) >= 11 is 0. The van der Waals surface area contributed by atoms with Crippen LogP contribution >= 0.6 is 0 Å². The molecule has 1 aromatic carbocycles. The molecule has 0 aliphatic heterocycles. The van der Waals surface area contributed by atoms with Gasteiger partial charge in [-0.1, -0.05) is 19.3 Å². The molecule has 0 spiro atoms. The number of carbonyl (C=O) groups excluding carboxylic acids is 3. The molecule has 2 aromatic rings. The second kappa shape index (κ2) is 8.93. The molecule has 1 aliphatic rings. The molecule has 140 valence electrons. The van der Waals surface area contributed by atoms with Crippen LogP contribution < -0.4 is 16.2 Å². The summed E-state index contributed by atoms with van der Waals surface area (Å²) < 4.78 is 0. The average Bonchev–Trinajstić information content (AvgIpc) is 2.73. The summed E-state index contributed by atoms with van der Waals surface area (Å²) in [7, 11) is 0. The Hall–Kier alpha value is -3.22. The average molecular weight is 366 g/mol. The van der Waals surface area contributed by atoms with Gasteiger partial charge in [-0.3, -0.25) is 30.2 Å². The Balaban J connectivity index is 1.51. The molecule has 0 saturated heterocycles. The van der Waals surface area contributed by atoms with E-state index < -0.39 is 11.8 Å². The zero-order valence-electron chi connectivity index (χ0n) is 14.9. The zero-order valence-corrected chi connectivity index (χ0v) is 14.9. The monoisotopic (exact) mass is 366 g/mol. The minimum atomic E-state index is -0.451. The molecule has 1 saturated carbocycles. The second-order valence-electron chi connectivity index (χ2n) is 6.55. The van der Waals surface area contributed by atoms with Gasteiger partial charge in [0.15, 0.2) is 0 Å². The first-order valence-corrected chi connectivity index (χ1v) is 9.05. The van der Waals surface area contributed by atoms with Crippen molar-refractivity contribution in [3.05, 3.63) is 59.9 Å². The van der Waals surface area contributed by atoms with Crippen molar-refractivity contribution >= 4 is 23.4 Å². The summed E-state index contributed by atoms with van der Waals surface area (Å²) in [5, 5.41) is 2.90. The van der Waals surface area contributed by atoms with Gasteiger partial charge in [-0.25, -0.2) is 0 Å². The van der Waals surface area contributed by atoms with E-state index >= 15 is 0 Å². The predicted molar refractivity (Wildman–Crippen MR) is 101 cm³/mol. The van der Waals surface area contributed by atoms with Crippen molar-refractivity contribution in [1.82, 2.24) is 15.8 Å². The predicted octanol–water partition coefficient (Wildman–Crippen LogP) is 2.68. The van der Waals surface area contributed by atoms with Crippen LogP contribution in [-0.4, -0.2) is 22.7 Å². The highest BCUT2D eigenvalue weighted by Gasteiger charge is 2.21. The number of carbonyl (C=O) groups is 3. The smallest absolute Gasteiger partial charge is 0.271 e. The number of benzene rings is 1. The largest absolute Gasteiger partial charge is 0.326 e. The highest BCUT2D eigenvalue weighted by atomic mass is 16.2. The van der Waals surface area contributed by atoms with Crippen molar-refractivity contribution in [2.75, 3.05) is 5.32 Å². The molecule has 3 amide bonds. The van der Waals surface area contributed by atoms with E-state index in [4.69, 9.17) is 0 Å². The lowest BCUT2D eigenvalue weighted by atomic mass is 9.88. The maximum absolute atomic E-state index is 12.3. The quantitative estimate of drug-likeness (QED) is 0.724. The first-order valence-electron chi connectivity index (χ1n) is 9.05. The third kappa shape index (κ3) is 5.13. The molecule has 1 fully saturated rings. The van der Waals surface area contributed by atoms with Gasteiger partial charge in [0.25, 0.3) is 11.8 Å². The summed E-state index contributed by atoms with van der Waals surface area (Å²) in [4.78, 5) is 40.1. The SMILES string of the molecule is O=C(NNC(=O)c1cccnc1)c1ccc(NC(=O)C2CCCCC2)cc1. The number of nitrogens with one attached hydrogen (secondary N) is 3. The van der Waals surface area contributed by atoms with E-state index in [0.717, 1.165) is 25.7 Å². The molecule has 0 radical (unpaired) electrons. The molecular weight excluding hydrogens is 344 g/mol. The first-order chi connectivity index (χ1) is 13.1. The number of anilines is 1. The fourth-order valence-electron chi connectivity index (χ4n) is 3.07. The van der Waals surface area contributed by atoms with Gasteiger partial charge in [-0.2, -0.15) is 0 Å². The van der Waals surface area contributed by atoms with Crippen LogP contribution in [0.15, 0.2) is 48.8 Å². The lowest BCUT2D eigenvalue weighted by Gasteiger charge is -2.20. The standard InChI is InChI=1S/C20H22N4O3/c25-18(14-5-2-1-3-6-14)22-17-10-8-15(9-11-17)19(26)23-24-20(27)16-7-4-12-21-13-16/h4,7-14H,1-3,5-6H2,(H,22,25)(H,23,26)(H,24,27). The third-order valence-corrected chi connectivity index (χ3v) is 4.60. The van der Waals surface area contributed by atoms with Crippen molar-refractivity contribution in [3.8, 4) is 0 Å². The van der Waals surface area contributed by atoms with Gasteiger partial charge in [0.05, 0.1) is 5.56 Å². The molecule has 3 rings (SSSR count). The molecule has 1 aromatic heterocycles. The van der Waals surface area contributed by atoms with Crippen LogP contribution in [0.4, 0.5) is 5.69 Å². The van der Waals surface area contributed by atoms with Gasteiger partial charge in [0.1, 0.15) is 0 Å². The zero-order chi connectivity index (χ0) is 19.1. The number of hydrogen-bond acceptors (Lipinski definition) is 4. The number of pyridine rings is 1. The third-order valence-electron chi connectivity index (χ3n) is 4.60. The molecule has 0 bridgehead atoms. The van der Waals surface area contributed by atoms with Gasteiger partial charge in [0.2, 0.25) is 5.91 Å². The number of hydrazine groups is 1. The van der Waals surface area contributed by atoms with Gasteiger partial charge in [-0.05, 0) is 49.2 Å². The van der Waals surface area contributed by atoms with E-state index in [0.29, 0.717) is 16.8 Å². The van der Waals surface area contributed by atoms with E-state index in [2.05, 4.69) is 21.2 Å². The Labute approximate surface area is 157 Å². The molecule has 3 N–H and O–H groups in total. The summed E-state index contributed by atoms with van der Waals surface area (Å²) in [5.74, 6) is -0.787. The van der Waals surface area contributed by atoms with Crippen LogP contribution in [0, 0.1) is 5.92 Å². The summed E-state index contributed by atoms with van der Waals surface area (Å²) in [5.41, 5.74) is 6.07. The fraction of sp³-hybridized carbons (Fsp3) is 0.300. The lowest BCUT2D eigenvalue weighted by Crippen LogP contribution is -2.41. The Morgan fingerprint density at radius 1 is 0.852 bits per heavy atom. The number of nitrogens with zero attached hydrogens (tertiary/aromatic N) is 1. The summed E-state index contributed by atoms with van der Waals surface area (Å²) in [6.45, 7) is 0. The van der Waals surface area contributed by atoms with Crippen LogP contribution in [0.5, 0.6) is 0 Å². The Morgan fingerprint density at radius 2 is 1.52 bits per heavy atom. The lowest BCUT2D eigenvalue weighted by molar-refractivity contribution is -0.120. The minimum absolute atomic E-state index is 0.0376. The Morgan fingerprint density at radius 3 is 2.15 bits per heavy atom. The van der Waals surface area contributed by atoms with Crippen LogP contribution in [0.3, 0.4) is 0 Å². The second-order valence-corrected chi connectivity index (χ2v) is 6.55. The van der Waals surface area contributed by atoms with Crippen molar-refractivity contribution in [2.24, 2.45) is 5.92 Å². The van der Waals surface area contributed by atoms with Gasteiger partial charge in [-0.15, -0.1) is 0 Å². The highest BCUT2D eigenvalue weighted by molar-refractivity contribution is 5.99. The number of aromatic nitrogens is 1. The maximum Gasteiger partial charge on any atom is 0.271 e. The highest BCUT2D eigenvalue weighted by Crippen LogP contribution is 2.25. The van der Waals surface area contributed by atoms with Gasteiger partial charge >= 0.3 is 0 Å². The van der Waals surface area contributed by atoms with E-state index in [1.807, 2.05) is 0 Å². The Kier molecular flexibility index (Phi) is 6.14. The van der Waals surface area contributed by atoms with Gasteiger partial charge in [0, 0.05) is 29.6 Å². The molecule has 1 heterocycles. The normalized spacial score (nSPS) is 14.2. The number of amides is 3. The molecular formula is C20H22N4O3. The Bertz CT molecular complexity index is 800. The van der Waals surface area contributed by atoms with Crippen LogP contribution in [0.1, 0.15) is 52.8 Å². The molecule has 0 atom stereocenters. The van der Waals surface area contributed by atoms with Crippen LogP contribution in [0.2, 0.25) is 0 Å². The van der Waals surface area contributed by atoms with Crippen molar-refractivity contribution in [2.45, 2.75) is 32.1 Å². The minimum Gasteiger partial charge on any atom is -0.326 e. The van der Waals surface area contributed by atoms with Crippen molar-refractivity contribution in [3.63, 3.8) is 0 Å². The topological polar surface area (TPSA) is 100 Å². The number of rotatable bonds is 4. The van der Waals surface area contributed by atoms with E-state index in [1.165, 1.54) is 12.6 Å². The first kappa shape index (κ1) is 18.6. The van der Waals surface area contributed by atoms with Crippen LogP contribution in [0.25, 0.3) is 0 Å². The van der Waals surface area contributed by atoms with Crippen LogP contribution in [-0.2, 0) is 4.79 Å². The molecule has 7 heteroatoms. The van der Waals surface area contributed by atoms with E-state index in [1.54, 1.807) is 42.6 Å². The van der Waals surface area contributed by atoms with E-state index in [-0.39, 0.29) is 11.8 Å². The molecule has 27 heavy (non-hydrogen) atoms. The van der Waals surface area contributed by atoms with E-state index in [9.17, 15) is 14.4 Å². The van der Waals surface area contributed by atoms with Gasteiger partial charge < -0.3 is 5.32 Å².